The molecule has 0 atom stereocenters. The third-order valence-electron chi connectivity index (χ3n) is 2.79. The van der Waals surface area contributed by atoms with Crippen molar-refractivity contribution in [1.82, 2.24) is 5.32 Å². The topological polar surface area (TPSA) is 67.4 Å². The number of carbonyl (C=O) groups is 2. The zero-order valence-corrected chi connectivity index (χ0v) is 12.0. The molecular formula is C16H14F2N2O3. The Morgan fingerprint density at radius 2 is 1.57 bits per heavy atom. The van der Waals surface area contributed by atoms with Gasteiger partial charge in [0.25, 0.3) is 5.91 Å². The van der Waals surface area contributed by atoms with E-state index in [4.69, 9.17) is 4.74 Å². The van der Waals surface area contributed by atoms with Crippen molar-refractivity contribution >= 4 is 17.5 Å². The van der Waals surface area contributed by atoms with Crippen LogP contribution in [0.5, 0.6) is 5.75 Å². The molecule has 0 saturated heterocycles. The third kappa shape index (κ3) is 5.06. The van der Waals surface area contributed by atoms with Crippen LogP contribution < -0.4 is 15.4 Å². The Balaban J connectivity index is 1.77. The van der Waals surface area contributed by atoms with Crippen molar-refractivity contribution in [3.8, 4) is 5.75 Å². The number of hydrogen-bond donors (Lipinski definition) is 2. The summed E-state index contributed by atoms with van der Waals surface area (Å²) in [6, 6.07) is 11.9. The van der Waals surface area contributed by atoms with Gasteiger partial charge in [0.2, 0.25) is 5.91 Å². The second kappa shape index (κ2) is 7.88. The number of amides is 2. The van der Waals surface area contributed by atoms with Crippen molar-refractivity contribution < 1.29 is 23.1 Å². The molecule has 0 heterocycles. The van der Waals surface area contributed by atoms with Gasteiger partial charge < -0.3 is 15.4 Å². The molecule has 120 valence electrons. The van der Waals surface area contributed by atoms with Crippen LogP contribution >= 0.6 is 0 Å². The summed E-state index contributed by atoms with van der Waals surface area (Å²) in [5.74, 6) is -2.55. The average molecular weight is 320 g/mol. The molecule has 5 nitrogen and oxygen atoms in total. The van der Waals surface area contributed by atoms with Gasteiger partial charge >= 0.3 is 0 Å². The second-order valence-corrected chi connectivity index (χ2v) is 4.52. The average Bonchev–Trinajstić information content (AvgIpc) is 2.55. The third-order valence-corrected chi connectivity index (χ3v) is 2.79. The van der Waals surface area contributed by atoms with Crippen molar-refractivity contribution in [2.24, 2.45) is 0 Å². The van der Waals surface area contributed by atoms with E-state index < -0.39 is 35.7 Å². The van der Waals surface area contributed by atoms with E-state index in [1.807, 2.05) is 0 Å². The van der Waals surface area contributed by atoms with E-state index in [0.29, 0.717) is 5.75 Å². The van der Waals surface area contributed by atoms with Crippen molar-refractivity contribution in [3.63, 3.8) is 0 Å². The van der Waals surface area contributed by atoms with Gasteiger partial charge in [-0.05, 0) is 24.3 Å². The fourth-order valence-corrected chi connectivity index (χ4v) is 1.70. The SMILES string of the molecule is O=C(COc1ccccc1)NCC(=O)Nc1c(F)cccc1F. The molecule has 0 fully saturated rings. The molecular weight excluding hydrogens is 306 g/mol. The summed E-state index contributed by atoms with van der Waals surface area (Å²) in [7, 11) is 0. The van der Waals surface area contributed by atoms with Gasteiger partial charge in [-0.25, -0.2) is 8.78 Å². The number of rotatable bonds is 6. The molecule has 0 aromatic heterocycles. The molecule has 0 unspecified atom stereocenters. The van der Waals surface area contributed by atoms with E-state index in [1.165, 1.54) is 6.07 Å². The summed E-state index contributed by atoms with van der Waals surface area (Å²) >= 11 is 0. The van der Waals surface area contributed by atoms with Crippen LogP contribution in [0, 0.1) is 11.6 Å². The highest BCUT2D eigenvalue weighted by Gasteiger charge is 2.12. The maximum atomic E-state index is 13.4. The van der Waals surface area contributed by atoms with Gasteiger partial charge in [-0.1, -0.05) is 24.3 Å². The number of nitrogens with one attached hydrogen (secondary N) is 2. The number of halogens is 2. The van der Waals surface area contributed by atoms with Crippen LogP contribution in [-0.4, -0.2) is 25.0 Å². The Labute approximate surface area is 131 Å². The molecule has 23 heavy (non-hydrogen) atoms. The number of para-hydroxylation sites is 2. The lowest BCUT2D eigenvalue weighted by Gasteiger charge is -2.09. The maximum Gasteiger partial charge on any atom is 0.258 e. The lowest BCUT2D eigenvalue weighted by Crippen LogP contribution is -2.36. The van der Waals surface area contributed by atoms with Crippen molar-refractivity contribution in [1.29, 1.82) is 0 Å². The maximum absolute atomic E-state index is 13.4. The predicted molar refractivity (Wildman–Crippen MR) is 79.9 cm³/mol. The van der Waals surface area contributed by atoms with Crippen LogP contribution in [0.3, 0.4) is 0 Å². The lowest BCUT2D eigenvalue weighted by atomic mass is 10.3. The summed E-state index contributed by atoms with van der Waals surface area (Å²) in [4.78, 5) is 23.1. The van der Waals surface area contributed by atoms with E-state index in [9.17, 15) is 18.4 Å². The van der Waals surface area contributed by atoms with Crippen molar-refractivity contribution in [3.05, 3.63) is 60.2 Å². The summed E-state index contributed by atoms with van der Waals surface area (Å²) in [6.45, 7) is -0.698. The zero-order chi connectivity index (χ0) is 16.7. The van der Waals surface area contributed by atoms with E-state index in [0.717, 1.165) is 12.1 Å². The highest BCUT2D eigenvalue weighted by Crippen LogP contribution is 2.17. The molecule has 0 aliphatic heterocycles. The van der Waals surface area contributed by atoms with Crippen LogP contribution in [0.15, 0.2) is 48.5 Å². The standard InChI is InChI=1S/C16H14F2N2O3/c17-12-7-4-8-13(18)16(12)20-14(21)9-19-15(22)10-23-11-5-2-1-3-6-11/h1-8H,9-10H2,(H,19,22)(H,20,21). The minimum atomic E-state index is -0.892. The Morgan fingerprint density at radius 1 is 0.913 bits per heavy atom. The first-order chi connectivity index (χ1) is 11.1. The normalized spacial score (nSPS) is 10.0. The first-order valence-electron chi connectivity index (χ1n) is 6.74. The monoisotopic (exact) mass is 320 g/mol. The zero-order valence-electron chi connectivity index (χ0n) is 12.0. The highest BCUT2D eigenvalue weighted by molar-refractivity contribution is 5.94. The molecule has 0 radical (unpaired) electrons. The Kier molecular flexibility index (Phi) is 5.62. The van der Waals surface area contributed by atoms with Gasteiger partial charge in [-0.2, -0.15) is 0 Å². The van der Waals surface area contributed by atoms with Crippen molar-refractivity contribution in [2.45, 2.75) is 0 Å². The molecule has 0 bridgehead atoms. The van der Waals surface area contributed by atoms with Gasteiger partial charge in [-0.15, -0.1) is 0 Å². The van der Waals surface area contributed by atoms with Gasteiger partial charge in [0, 0.05) is 0 Å². The first-order valence-corrected chi connectivity index (χ1v) is 6.74. The lowest BCUT2D eigenvalue weighted by molar-refractivity contribution is -0.125. The summed E-state index contributed by atoms with van der Waals surface area (Å²) in [5, 5.41) is 4.35. The minimum absolute atomic E-state index is 0.272. The number of anilines is 1. The second-order valence-electron chi connectivity index (χ2n) is 4.52. The van der Waals surface area contributed by atoms with Crippen LogP contribution in [0.25, 0.3) is 0 Å². The molecule has 2 rings (SSSR count). The van der Waals surface area contributed by atoms with Gasteiger partial charge in [0.1, 0.15) is 23.1 Å². The highest BCUT2D eigenvalue weighted by atomic mass is 19.1. The van der Waals surface area contributed by atoms with Gasteiger partial charge in [-0.3, -0.25) is 9.59 Å². The molecule has 2 N–H and O–H groups in total. The molecule has 7 heteroatoms. The van der Waals surface area contributed by atoms with Gasteiger partial charge in [0.05, 0.1) is 6.54 Å². The molecule has 2 aromatic carbocycles. The van der Waals surface area contributed by atoms with Crippen LogP contribution in [0.2, 0.25) is 0 Å². The summed E-state index contributed by atoms with van der Waals surface area (Å²) in [6.07, 6.45) is 0. The molecule has 0 spiro atoms. The fourth-order valence-electron chi connectivity index (χ4n) is 1.70. The predicted octanol–water partition coefficient (Wildman–Crippen LogP) is 2.10. The van der Waals surface area contributed by atoms with Crippen LogP contribution in [0.1, 0.15) is 0 Å². The largest absolute Gasteiger partial charge is 0.484 e. The minimum Gasteiger partial charge on any atom is -0.484 e. The summed E-state index contributed by atoms with van der Waals surface area (Å²) in [5.41, 5.74) is -0.549. The van der Waals surface area contributed by atoms with E-state index >= 15 is 0 Å². The number of carbonyl (C=O) groups excluding carboxylic acids is 2. The smallest absolute Gasteiger partial charge is 0.258 e. The van der Waals surface area contributed by atoms with Gasteiger partial charge in [0.15, 0.2) is 6.61 Å². The number of hydrogen-bond acceptors (Lipinski definition) is 3. The van der Waals surface area contributed by atoms with Crippen LogP contribution in [-0.2, 0) is 9.59 Å². The number of benzene rings is 2. The Hall–Kier alpha value is -2.96. The molecule has 0 aliphatic carbocycles. The van der Waals surface area contributed by atoms with E-state index in [1.54, 1.807) is 30.3 Å². The molecule has 2 aromatic rings. The summed E-state index contributed by atoms with van der Waals surface area (Å²) < 4.78 is 31.9. The Morgan fingerprint density at radius 3 is 2.22 bits per heavy atom. The van der Waals surface area contributed by atoms with Crippen LogP contribution in [0.4, 0.5) is 14.5 Å². The number of ether oxygens (including phenoxy) is 1. The van der Waals surface area contributed by atoms with Crippen molar-refractivity contribution in [2.75, 3.05) is 18.5 Å². The molecule has 0 aliphatic rings. The molecule has 2 amide bonds. The Bertz CT molecular complexity index is 673. The van der Waals surface area contributed by atoms with E-state index in [2.05, 4.69) is 10.6 Å². The van der Waals surface area contributed by atoms with E-state index in [-0.39, 0.29) is 6.61 Å². The fraction of sp³-hybridized carbons (Fsp3) is 0.125. The quantitative estimate of drug-likeness (QED) is 0.856. The first kappa shape index (κ1) is 16.4. The molecule has 0 saturated carbocycles.